The van der Waals surface area contributed by atoms with Crippen molar-refractivity contribution in [3.8, 4) is 11.1 Å². The number of nitrogens with zero attached hydrogens (tertiary/aromatic N) is 2. The maximum absolute atomic E-state index is 11.6. The summed E-state index contributed by atoms with van der Waals surface area (Å²) in [5.74, 6) is 0.782. The first-order chi connectivity index (χ1) is 12.6. The molecule has 0 bridgehead atoms. The van der Waals surface area contributed by atoms with E-state index in [-0.39, 0.29) is 5.78 Å². The summed E-state index contributed by atoms with van der Waals surface area (Å²) in [4.78, 5) is 21.4. The lowest BCUT2D eigenvalue weighted by atomic mass is 10.0. The van der Waals surface area contributed by atoms with Crippen LogP contribution in [0.25, 0.3) is 21.3 Å². The van der Waals surface area contributed by atoms with E-state index in [1.54, 1.807) is 24.6 Å². The molecule has 0 spiro atoms. The number of benzene rings is 2. The number of thiophene rings is 1. The Hall–Kier alpha value is -3.05. The summed E-state index contributed by atoms with van der Waals surface area (Å²) in [5.41, 5.74) is 4.97. The summed E-state index contributed by atoms with van der Waals surface area (Å²) in [6.45, 7) is 3.64. The van der Waals surface area contributed by atoms with Gasteiger partial charge in [-0.15, -0.1) is 11.3 Å². The zero-order valence-electron chi connectivity index (χ0n) is 14.5. The maximum atomic E-state index is 11.6. The third-order valence-corrected chi connectivity index (χ3v) is 5.15. The Kier molecular flexibility index (Phi) is 4.22. The first-order valence-corrected chi connectivity index (χ1v) is 9.17. The van der Waals surface area contributed by atoms with Crippen LogP contribution in [0.15, 0.2) is 60.2 Å². The van der Waals surface area contributed by atoms with E-state index in [9.17, 15) is 4.79 Å². The number of carbonyl (C=O) groups excluding carboxylic acids is 1. The average Bonchev–Trinajstić information content (AvgIpc) is 3.08. The lowest BCUT2D eigenvalue weighted by molar-refractivity contribution is 0.101. The highest BCUT2D eigenvalue weighted by Crippen LogP contribution is 2.37. The van der Waals surface area contributed by atoms with E-state index in [1.807, 2.05) is 24.3 Å². The molecule has 2 aromatic heterocycles. The van der Waals surface area contributed by atoms with E-state index in [0.29, 0.717) is 5.56 Å². The molecule has 0 unspecified atom stereocenters. The van der Waals surface area contributed by atoms with Crippen LogP contribution >= 0.6 is 11.3 Å². The maximum Gasteiger partial charge on any atom is 0.159 e. The molecule has 128 valence electrons. The molecule has 2 aromatic carbocycles. The number of hydrogen-bond donors (Lipinski definition) is 1. The zero-order chi connectivity index (χ0) is 18.1. The Morgan fingerprint density at radius 1 is 1.08 bits per heavy atom. The quantitative estimate of drug-likeness (QED) is 0.481. The van der Waals surface area contributed by atoms with Crippen molar-refractivity contribution in [2.45, 2.75) is 13.8 Å². The molecule has 26 heavy (non-hydrogen) atoms. The third kappa shape index (κ3) is 3.09. The van der Waals surface area contributed by atoms with Crippen LogP contribution in [-0.4, -0.2) is 15.8 Å². The lowest BCUT2D eigenvalue weighted by Gasteiger charge is -2.09. The number of nitrogens with one attached hydrogen (secondary N) is 1. The molecule has 4 rings (SSSR count). The second-order valence-corrected chi connectivity index (χ2v) is 7.04. The van der Waals surface area contributed by atoms with Crippen molar-refractivity contribution < 1.29 is 4.79 Å². The molecule has 0 atom stereocenters. The van der Waals surface area contributed by atoms with E-state index >= 15 is 0 Å². The normalized spacial score (nSPS) is 10.8. The van der Waals surface area contributed by atoms with Gasteiger partial charge in [-0.05, 0) is 31.5 Å². The van der Waals surface area contributed by atoms with Gasteiger partial charge in [-0.3, -0.25) is 4.79 Å². The summed E-state index contributed by atoms with van der Waals surface area (Å²) in [6.07, 6.45) is 1.56. The highest BCUT2D eigenvalue weighted by atomic mass is 32.1. The molecule has 2 heterocycles. The van der Waals surface area contributed by atoms with Gasteiger partial charge in [0.05, 0.1) is 5.39 Å². The smallest absolute Gasteiger partial charge is 0.159 e. The van der Waals surface area contributed by atoms with E-state index in [0.717, 1.165) is 32.8 Å². The van der Waals surface area contributed by atoms with Gasteiger partial charge in [0.25, 0.3) is 0 Å². The van der Waals surface area contributed by atoms with Crippen molar-refractivity contribution in [2.75, 3.05) is 5.32 Å². The summed E-state index contributed by atoms with van der Waals surface area (Å²) in [5, 5.41) is 6.46. The number of anilines is 2. The van der Waals surface area contributed by atoms with E-state index in [1.165, 1.54) is 5.56 Å². The van der Waals surface area contributed by atoms with Crippen LogP contribution < -0.4 is 5.32 Å². The second-order valence-electron chi connectivity index (χ2n) is 6.18. The van der Waals surface area contributed by atoms with Gasteiger partial charge in [-0.1, -0.05) is 42.0 Å². The van der Waals surface area contributed by atoms with Gasteiger partial charge in [0.2, 0.25) is 0 Å². The van der Waals surface area contributed by atoms with Crippen molar-refractivity contribution >= 4 is 38.8 Å². The first kappa shape index (κ1) is 16.4. The number of hydrogen-bond acceptors (Lipinski definition) is 5. The standard InChI is InChI=1S/C21H17N3OS/c1-13-6-8-15(9-7-13)18-11-26-21-19(18)20(22-12-23-21)24-17-5-3-4-16(10-17)14(2)25/h3-12H,1-2H3,(H,22,23,24). The molecule has 1 N–H and O–H groups in total. The highest BCUT2D eigenvalue weighted by Gasteiger charge is 2.13. The fourth-order valence-electron chi connectivity index (χ4n) is 2.87. The average molecular weight is 359 g/mol. The Balaban J connectivity index is 1.80. The number of fused-ring (bicyclic) bond motifs is 1. The van der Waals surface area contributed by atoms with Crippen LogP contribution in [0.5, 0.6) is 0 Å². The molecule has 0 radical (unpaired) electrons. The van der Waals surface area contributed by atoms with E-state index in [2.05, 4.69) is 51.9 Å². The Labute approximate surface area is 155 Å². The minimum Gasteiger partial charge on any atom is -0.340 e. The molecule has 0 aliphatic heterocycles. The molecule has 4 nitrogen and oxygen atoms in total. The summed E-state index contributed by atoms with van der Waals surface area (Å²) in [7, 11) is 0. The van der Waals surface area contributed by atoms with Gasteiger partial charge in [-0.25, -0.2) is 9.97 Å². The number of ketones is 1. The molecule has 0 saturated heterocycles. The van der Waals surface area contributed by atoms with Crippen molar-refractivity contribution in [3.63, 3.8) is 0 Å². The van der Waals surface area contributed by atoms with Crippen molar-refractivity contribution in [3.05, 3.63) is 71.4 Å². The molecule has 4 aromatic rings. The molecular weight excluding hydrogens is 342 g/mol. The molecule has 0 aliphatic carbocycles. The van der Waals surface area contributed by atoms with Crippen LogP contribution in [0.1, 0.15) is 22.8 Å². The minimum absolute atomic E-state index is 0.0392. The molecule has 0 saturated carbocycles. The van der Waals surface area contributed by atoms with Gasteiger partial charge in [0, 0.05) is 22.2 Å². The Morgan fingerprint density at radius 3 is 2.65 bits per heavy atom. The summed E-state index contributed by atoms with van der Waals surface area (Å²) >= 11 is 1.60. The van der Waals surface area contributed by atoms with Crippen LogP contribution in [0.2, 0.25) is 0 Å². The number of carbonyl (C=O) groups is 1. The monoisotopic (exact) mass is 359 g/mol. The predicted molar refractivity (Wildman–Crippen MR) is 107 cm³/mol. The van der Waals surface area contributed by atoms with Crippen molar-refractivity contribution in [2.24, 2.45) is 0 Å². The zero-order valence-corrected chi connectivity index (χ0v) is 15.3. The van der Waals surface area contributed by atoms with Crippen LogP contribution in [0, 0.1) is 6.92 Å². The summed E-state index contributed by atoms with van der Waals surface area (Å²) < 4.78 is 0. The predicted octanol–water partition coefficient (Wildman–Crippen LogP) is 5.61. The van der Waals surface area contributed by atoms with Crippen LogP contribution in [0.4, 0.5) is 11.5 Å². The SMILES string of the molecule is CC(=O)c1cccc(Nc2ncnc3scc(-c4ccc(C)cc4)c23)c1. The second kappa shape index (κ2) is 6.69. The van der Waals surface area contributed by atoms with Gasteiger partial charge >= 0.3 is 0 Å². The number of aromatic nitrogens is 2. The number of Topliss-reactive ketones (excluding diaryl/α,β-unsaturated/α-hetero) is 1. The molecule has 5 heteroatoms. The third-order valence-electron chi connectivity index (χ3n) is 4.26. The first-order valence-electron chi connectivity index (χ1n) is 8.29. The minimum atomic E-state index is 0.0392. The van der Waals surface area contributed by atoms with Gasteiger partial charge in [0.15, 0.2) is 5.78 Å². The van der Waals surface area contributed by atoms with Crippen LogP contribution in [-0.2, 0) is 0 Å². The van der Waals surface area contributed by atoms with Gasteiger partial charge in [0.1, 0.15) is 17.0 Å². The Bertz CT molecular complexity index is 1100. The van der Waals surface area contributed by atoms with Crippen LogP contribution in [0.3, 0.4) is 0 Å². The fourth-order valence-corrected chi connectivity index (χ4v) is 3.78. The van der Waals surface area contributed by atoms with Crippen molar-refractivity contribution in [1.82, 2.24) is 9.97 Å². The summed E-state index contributed by atoms with van der Waals surface area (Å²) in [6, 6.07) is 15.9. The molecular formula is C21H17N3OS. The van der Waals surface area contributed by atoms with E-state index in [4.69, 9.17) is 0 Å². The molecule has 0 aliphatic rings. The Morgan fingerprint density at radius 2 is 1.88 bits per heavy atom. The lowest BCUT2D eigenvalue weighted by Crippen LogP contribution is -1.98. The largest absolute Gasteiger partial charge is 0.340 e. The number of aryl methyl sites for hydroxylation is 1. The van der Waals surface area contributed by atoms with E-state index < -0.39 is 0 Å². The van der Waals surface area contributed by atoms with Gasteiger partial charge < -0.3 is 5.32 Å². The molecule has 0 amide bonds. The highest BCUT2D eigenvalue weighted by molar-refractivity contribution is 7.17. The van der Waals surface area contributed by atoms with Crippen molar-refractivity contribution in [1.29, 1.82) is 0 Å². The fraction of sp³-hybridized carbons (Fsp3) is 0.0952. The molecule has 0 fully saturated rings. The number of rotatable bonds is 4. The van der Waals surface area contributed by atoms with Gasteiger partial charge in [-0.2, -0.15) is 0 Å². The topological polar surface area (TPSA) is 54.9 Å².